The molecule has 0 unspecified atom stereocenters. The van der Waals surface area contributed by atoms with Gasteiger partial charge in [0.05, 0.1) is 5.02 Å². The molecule has 0 aliphatic rings. The topological polar surface area (TPSA) is 22.1 Å². The molecule has 1 aromatic carbocycles. The van der Waals surface area contributed by atoms with Gasteiger partial charge in [-0.15, -0.1) is 11.6 Å². The molecule has 88 valence electrons. The van der Waals surface area contributed by atoms with Crippen molar-refractivity contribution in [1.29, 1.82) is 0 Å². The highest BCUT2D eigenvalue weighted by molar-refractivity contribution is 6.32. The Hall–Kier alpha value is -1.32. The van der Waals surface area contributed by atoms with E-state index in [9.17, 15) is 4.39 Å². The first-order valence-corrected chi connectivity index (χ1v) is 5.74. The number of para-hydroxylation sites is 1. The average Bonchev–Trinajstić information content (AvgIpc) is 2.34. The number of alkyl halides is 1. The predicted octanol–water partition coefficient (Wildman–Crippen LogP) is 4.41. The summed E-state index contributed by atoms with van der Waals surface area (Å²) in [6.07, 6.45) is 1.43. The molecule has 0 N–H and O–H groups in total. The summed E-state index contributed by atoms with van der Waals surface area (Å²) in [5.74, 6) is 0.171. The van der Waals surface area contributed by atoms with Crippen LogP contribution in [0.25, 0.3) is 0 Å². The first-order valence-electron chi connectivity index (χ1n) is 4.83. The molecule has 2 nitrogen and oxygen atoms in total. The Morgan fingerprint density at radius 3 is 2.76 bits per heavy atom. The summed E-state index contributed by atoms with van der Waals surface area (Å²) < 4.78 is 18.6. The molecule has 0 fully saturated rings. The van der Waals surface area contributed by atoms with E-state index < -0.39 is 5.82 Å². The van der Waals surface area contributed by atoms with E-state index in [4.69, 9.17) is 27.9 Å². The third-order valence-corrected chi connectivity index (χ3v) is 2.73. The van der Waals surface area contributed by atoms with Crippen molar-refractivity contribution >= 4 is 23.2 Å². The Morgan fingerprint density at radius 1 is 1.29 bits per heavy atom. The number of benzene rings is 1. The summed E-state index contributed by atoms with van der Waals surface area (Å²) in [4.78, 5) is 3.94. The van der Waals surface area contributed by atoms with Gasteiger partial charge < -0.3 is 4.74 Å². The summed E-state index contributed by atoms with van der Waals surface area (Å²) in [6, 6.07) is 7.68. The first-order chi connectivity index (χ1) is 8.20. The van der Waals surface area contributed by atoms with Gasteiger partial charge in [0, 0.05) is 18.1 Å². The average molecular weight is 272 g/mol. The van der Waals surface area contributed by atoms with Crippen molar-refractivity contribution in [2.75, 3.05) is 0 Å². The van der Waals surface area contributed by atoms with Gasteiger partial charge in [0.15, 0.2) is 11.6 Å². The van der Waals surface area contributed by atoms with Gasteiger partial charge in [0.25, 0.3) is 0 Å². The molecule has 0 atom stereocenters. The molecule has 0 radical (unpaired) electrons. The number of ether oxygens (including phenoxy) is 1. The van der Waals surface area contributed by atoms with Crippen molar-refractivity contribution in [1.82, 2.24) is 4.98 Å². The van der Waals surface area contributed by atoms with E-state index in [-0.39, 0.29) is 17.5 Å². The monoisotopic (exact) mass is 271 g/mol. The fourth-order valence-corrected chi connectivity index (χ4v) is 1.72. The number of hydrogen-bond acceptors (Lipinski definition) is 2. The predicted molar refractivity (Wildman–Crippen MR) is 65.3 cm³/mol. The van der Waals surface area contributed by atoms with Crippen LogP contribution in [0.3, 0.4) is 0 Å². The maximum Gasteiger partial charge on any atom is 0.219 e. The SMILES string of the molecule is Fc1ccccc1Oc1cc(CCl)c(Cl)cn1. The summed E-state index contributed by atoms with van der Waals surface area (Å²) in [5.41, 5.74) is 0.690. The zero-order valence-electron chi connectivity index (χ0n) is 8.66. The molecule has 1 aromatic heterocycles. The highest BCUT2D eigenvalue weighted by atomic mass is 35.5. The van der Waals surface area contributed by atoms with Crippen LogP contribution in [0.1, 0.15) is 5.56 Å². The third-order valence-electron chi connectivity index (χ3n) is 2.10. The van der Waals surface area contributed by atoms with Gasteiger partial charge in [-0.2, -0.15) is 0 Å². The fraction of sp³-hybridized carbons (Fsp3) is 0.0833. The summed E-state index contributed by atoms with van der Waals surface area (Å²) >= 11 is 11.6. The number of pyridine rings is 1. The molecule has 2 aromatic rings. The normalized spacial score (nSPS) is 10.3. The van der Waals surface area contributed by atoms with Crippen molar-refractivity contribution in [3.8, 4) is 11.6 Å². The molecule has 0 aliphatic heterocycles. The number of halogens is 3. The Balaban J connectivity index is 2.28. The first kappa shape index (κ1) is 12.1. The second-order valence-electron chi connectivity index (χ2n) is 3.28. The van der Waals surface area contributed by atoms with Crippen molar-refractivity contribution in [3.63, 3.8) is 0 Å². The second-order valence-corrected chi connectivity index (χ2v) is 3.95. The number of rotatable bonds is 3. The smallest absolute Gasteiger partial charge is 0.219 e. The number of hydrogen-bond donors (Lipinski definition) is 0. The highest BCUT2D eigenvalue weighted by Gasteiger charge is 2.07. The van der Waals surface area contributed by atoms with Gasteiger partial charge in [-0.05, 0) is 17.7 Å². The van der Waals surface area contributed by atoms with Crippen LogP contribution in [-0.4, -0.2) is 4.98 Å². The van der Waals surface area contributed by atoms with Crippen LogP contribution < -0.4 is 4.74 Å². The van der Waals surface area contributed by atoms with E-state index in [2.05, 4.69) is 4.98 Å². The summed E-state index contributed by atoms with van der Waals surface area (Å²) in [6.45, 7) is 0. The Kier molecular flexibility index (Phi) is 3.82. The van der Waals surface area contributed by atoms with E-state index >= 15 is 0 Å². The van der Waals surface area contributed by atoms with Crippen molar-refractivity contribution in [2.24, 2.45) is 0 Å². The van der Waals surface area contributed by atoms with Crippen molar-refractivity contribution in [3.05, 3.63) is 52.9 Å². The lowest BCUT2D eigenvalue weighted by atomic mass is 10.3. The minimum Gasteiger partial charge on any atom is -0.436 e. The Bertz CT molecular complexity index is 534. The van der Waals surface area contributed by atoms with Gasteiger partial charge in [-0.25, -0.2) is 9.37 Å². The molecular weight excluding hydrogens is 264 g/mol. The lowest BCUT2D eigenvalue weighted by molar-refractivity contribution is 0.427. The molecule has 1 heterocycles. The molecule has 0 saturated heterocycles. The fourth-order valence-electron chi connectivity index (χ4n) is 1.26. The standard InChI is InChI=1S/C12H8Cl2FNO/c13-6-8-5-12(16-7-9(8)14)17-11-4-2-1-3-10(11)15/h1-5,7H,6H2. The lowest BCUT2D eigenvalue weighted by Gasteiger charge is -2.07. The van der Waals surface area contributed by atoms with E-state index in [1.165, 1.54) is 18.3 Å². The maximum atomic E-state index is 13.3. The highest BCUT2D eigenvalue weighted by Crippen LogP contribution is 2.26. The molecule has 0 aliphatic carbocycles. The van der Waals surface area contributed by atoms with E-state index in [1.54, 1.807) is 18.2 Å². The lowest BCUT2D eigenvalue weighted by Crippen LogP contribution is -1.92. The van der Waals surface area contributed by atoms with E-state index in [0.29, 0.717) is 10.6 Å². The maximum absolute atomic E-state index is 13.3. The molecule has 0 spiro atoms. The molecule has 2 rings (SSSR count). The van der Waals surface area contributed by atoms with Gasteiger partial charge in [-0.3, -0.25) is 0 Å². The largest absolute Gasteiger partial charge is 0.436 e. The number of aromatic nitrogens is 1. The van der Waals surface area contributed by atoms with Gasteiger partial charge in [0.1, 0.15) is 0 Å². The van der Waals surface area contributed by atoms with Crippen LogP contribution in [0.2, 0.25) is 5.02 Å². The van der Waals surface area contributed by atoms with Gasteiger partial charge in [0.2, 0.25) is 5.88 Å². The molecular formula is C12H8Cl2FNO. The second kappa shape index (κ2) is 5.34. The quantitative estimate of drug-likeness (QED) is 0.772. The van der Waals surface area contributed by atoms with E-state index in [0.717, 1.165) is 0 Å². The third kappa shape index (κ3) is 2.87. The zero-order chi connectivity index (χ0) is 12.3. The molecule has 0 amide bonds. The molecule has 5 heteroatoms. The van der Waals surface area contributed by atoms with Crippen LogP contribution in [-0.2, 0) is 5.88 Å². The molecule has 0 bridgehead atoms. The van der Waals surface area contributed by atoms with Gasteiger partial charge >= 0.3 is 0 Å². The Morgan fingerprint density at radius 2 is 2.06 bits per heavy atom. The minimum absolute atomic E-state index is 0.114. The van der Waals surface area contributed by atoms with Crippen LogP contribution in [0.4, 0.5) is 4.39 Å². The van der Waals surface area contributed by atoms with E-state index in [1.807, 2.05) is 0 Å². The molecule has 17 heavy (non-hydrogen) atoms. The van der Waals surface area contributed by atoms with Gasteiger partial charge in [-0.1, -0.05) is 23.7 Å². The van der Waals surface area contributed by atoms with Crippen molar-refractivity contribution in [2.45, 2.75) is 5.88 Å². The van der Waals surface area contributed by atoms with Crippen LogP contribution in [0, 0.1) is 5.82 Å². The Labute approximate surface area is 108 Å². The summed E-state index contributed by atoms with van der Waals surface area (Å²) in [5, 5.41) is 0.459. The number of nitrogens with zero attached hydrogens (tertiary/aromatic N) is 1. The molecule has 0 saturated carbocycles. The summed E-state index contributed by atoms with van der Waals surface area (Å²) in [7, 11) is 0. The minimum atomic E-state index is -0.448. The van der Waals surface area contributed by atoms with Crippen molar-refractivity contribution < 1.29 is 9.13 Å². The zero-order valence-corrected chi connectivity index (χ0v) is 10.2. The van der Waals surface area contributed by atoms with Crippen LogP contribution >= 0.6 is 23.2 Å². The van der Waals surface area contributed by atoms with Crippen LogP contribution in [0.5, 0.6) is 11.6 Å². The van der Waals surface area contributed by atoms with Crippen LogP contribution in [0.15, 0.2) is 36.5 Å².